The Bertz CT molecular complexity index is 136. The van der Waals surface area contributed by atoms with Gasteiger partial charge in [-0.3, -0.25) is 4.99 Å². The van der Waals surface area contributed by atoms with Gasteiger partial charge in [0.1, 0.15) is 6.34 Å². The van der Waals surface area contributed by atoms with Crippen LogP contribution in [-0.4, -0.2) is 19.1 Å². The molecular weight excluding hydrogens is 124 g/mol. The van der Waals surface area contributed by atoms with E-state index in [1.807, 2.05) is 6.92 Å². The molecule has 1 unspecified atom stereocenters. The van der Waals surface area contributed by atoms with Crippen LogP contribution in [0, 0.1) is 5.92 Å². The van der Waals surface area contributed by atoms with Gasteiger partial charge in [0.25, 0.3) is 0 Å². The summed E-state index contributed by atoms with van der Waals surface area (Å²) >= 11 is 0. The second kappa shape index (κ2) is 5.15. The zero-order valence-corrected chi connectivity index (χ0v) is 7.26. The van der Waals surface area contributed by atoms with Crippen LogP contribution in [0.25, 0.3) is 0 Å². The highest BCUT2D eigenvalue weighted by Gasteiger charge is 1.99. The average Bonchev–Trinajstić information content (AvgIpc) is 1.98. The van der Waals surface area contributed by atoms with Gasteiger partial charge in [-0.15, -0.1) is 0 Å². The van der Waals surface area contributed by atoms with Crippen LogP contribution < -0.4 is 0 Å². The molecule has 0 N–H and O–H groups in total. The van der Waals surface area contributed by atoms with Crippen molar-refractivity contribution in [2.75, 3.05) is 7.05 Å². The van der Waals surface area contributed by atoms with Gasteiger partial charge >= 0.3 is 0 Å². The van der Waals surface area contributed by atoms with E-state index in [-0.39, 0.29) is 0 Å². The van der Waals surface area contributed by atoms with Gasteiger partial charge in [0.05, 0.1) is 0 Å². The molecule has 0 saturated heterocycles. The van der Waals surface area contributed by atoms with Crippen molar-refractivity contribution >= 4 is 12.1 Å². The summed E-state index contributed by atoms with van der Waals surface area (Å²) in [6.07, 6.45) is 2.74. The van der Waals surface area contributed by atoms with Crippen LogP contribution >= 0.6 is 0 Å². The molecule has 2 nitrogen and oxygen atoms in total. The predicted octanol–water partition coefficient (Wildman–Crippen LogP) is 2.15. The Morgan fingerprint density at radius 1 is 1.60 bits per heavy atom. The van der Waals surface area contributed by atoms with E-state index in [0.29, 0.717) is 5.92 Å². The lowest BCUT2D eigenvalue weighted by Crippen LogP contribution is -2.04. The second-order valence-electron chi connectivity index (χ2n) is 2.45. The summed E-state index contributed by atoms with van der Waals surface area (Å²) in [6.45, 7) is 6.37. The van der Waals surface area contributed by atoms with Gasteiger partial charge in [-0.1, -0.05) is 13.8 Å². The maximum atomic E-state index is 4.14. The maximum absolute atomic E-state index is 4.14. The van der Waals surface area contributed by atoms with Crippen molar-refractivity contribution in [3.63, 3.8) is 0 Å². The molecule has 0 aliphatic heterocycles. The van der Waals surface area contributed by atoms with Crippen LogP contribution in [0.4, 0.5) is 0 Å². The van der Waals surface area contributed by atoms with E-state index in [1.165, 1.54) is 0 Å². The van der Waals surface area contributed by atoms with Crippen molar-refractivity contribution in [1.82, 2.24) is 0 Å². The molecule has 0 amide bonds. The van der Waals surface area contributed by atoms with E-state index in [0.717, 1.165) is 12.1 Å². The lowest BCUT2D eigenvalue weighted by molar-refractivity contribution is 0.737. The van der Waals surface area contributed by atoms with E-state index >= 15 is 0 Å². The molecular formula is C8H16N2. The van der Waals surface area contributed by atoms with E-state index in [9.17, 15) is 0 Å². The minimum absolute atomic E-state index is 0.581. The van der Waals surface area contributed by atoms with Crippen molar-refractivity contribution in [2.45, 2.75) is 27.2 Å². The topological polar surface area (TPSA) is 24.7 Å². The fraction of sp³-hybridized carbons (Fsp3) is 0.750. The van der Waals surface area contributed by atoms with Crippen LogP contribution in [-0.2, 0) is 0 Å². The molecule has 58 valence electrons. The van der Waals surface area contributed by atoms with Gasteiger partial charge in [0, 0.05) is 12.8 Å². The van der Waals surface area contributed by atoms with E-state index < -0.39 is 0 Å². The molecule has 0 aliphatic rings. The Morgan fingerprint density at radius 3 is 2.60 bits per heavy atom. The standard InChI is InChI=1S/C8H16N2/c1-5-7(2)8(3)10-6-9-4/h6-7H,5H2,1-4H3. The molecule has 0 aromatic rings. The Morgan fingerprint density at radius 2 is 2.20 bits per heavy atom. The van der Waals surface area contributed by atoms with Gasteiger partial charge in [0.2, 0.25) is 0 Å². The summed E-state index contributed by atoms with van der Waals surface area (Å²) in [4.78, 5) is 7.92. The predicted molar refractivity (Wildman–Crippen MR) is 47.0 cm³/mol. The van der Waals surface area contributed by atoms with Gasteiger partial charge in [0.15, 0.2) is 0 Å². The molecule has 0 saturated carbocycles. The molecule has 0 aromatic carbocycles. The minimum atomic E-state index is 0.581. The molecule has 0 radical (unpaired) electrons. The summed E-state index contributed by atoms with van der Waals surface area (Å²) in [5, 5.41) is 0. The fourth-order valence-electron chi connectivity index (χ4n) is 0.571. The zero-order valence-electron chi connectivity index (χ0n) is 7.26. The molecule has 1 atom stereocenters. The molecule has 10 heavy (non-hydrogen) atoms. The molecule has 0 bridgehead atoms. The van der Waals surface area contributed by atoms with E-state index in [2.05, 4.69) is 23.8 Å². The Labute approximate surface area is 63.1 Å². The van der Waals surface area contributed by atoms with Crippen LogP contribution in [0.3, 0.4) is 0 Å². The first kappa shape index (κ1) is 9.34. The van der Waals surface area contributed by atoms with Crippen LogP contribution in [0.5, 0.6) is 0 Å². The summed E-state index contributed by atoms with van der Waals surface area (Å²) in [6, 6.07) is 0. The molecule has 0 rings (SSSR count). The fourth-order valence-corrected chi connectivity index (χ4v) is 0.571. The number of hydrogen-bond acceptors (Lipinski definition) is 1. The number of rotatable bonds is 3. The summed E-state index contributed by atoms with van der Waals surface area (Å²) < 4.78 is 0. The van der Waals surface area contributed by atoms with Crippen molar-refractivity contribution < 1.29 is 0 Å². The minimum Gasteiger partial charge on any atom is -0.277 e. The normalized spacial score (nSPS) is 16.2. The maximum Gasteiger partial charge on any atom is 0.109 e. The van der Waals surface area contributed by atoms with Crippen molar-refractivity contribution in [1.29, 1.82) is 0 Å². The highest BCUT2D eigenvalue weighted by molar-refractivity contribution is 5.90. The summed E-state index contributed by atoms with van der Waals surface area (Å²) in [5.74, 6) is 0.581. The quantitative estimate of drug-likeness (QED) is 0.424. The third-order valence-corrected chi connectivity index (χ3v) is 1.70. The first-order chi connectivity index (χ1) is 4.72. The molecule has 0 spiro atoms. The molecule has 0 aliphatic carbocycles. The summed E-state index contributed by atoms with van der Waals surface area (Å²) in [7, 11) is 1.73. The molecule has 0 fully saturated rings. The third kappa shape index (κ3) is 3.38. The SMILES string of the molecule is CCC(C)C(C)=NC=NC. The largest absolute Gasteiger partial charge is 0.277 e. The van der Waals surface area contributed by atoms with Crippen LogP contribution in [0.1, 0.15) is 27.2 Å². The van der Waals surface area contributed by atoms with Crippen molar-refractivity contribution in [2.24, 2.45) is 15.9 Å². The lowest BCUT2D eigenvalue weighted by Gasteiger charge is -2.04. The highest BCUT2D eigenvalue weighted by Crippen LogP contribution is 2.02. The van der Waals surface area contributed by atoms with Crippen molar-refractivity contribution in [3.8, 4) is 0 Å². The molecule has 0 heterocycles. The van der Waals surface area contributed by atoms with Gasteiger partial charge in [-0.05, 0) is 19.3 Å². The Hall–Kier alpha value is -0.660. The molecule has 0 aromatic heterocycles. The molecule has 2 heteroatoms. The Balaban J connectivity index is 3.91. The van der Waals surface area contributed by atoms with E-state index in [1.54, 1.807) is 13.4 Å². The second-order valence-corrected chi connectivity index (χ2v) is 2.45. The third-order valence-electron chi connectivity index (χ3n) is 1.70. The van der Waals surface area contributed by atoms with E-state index in [4.69, 9.17) is 0 Å². The smallest absolute Gasteiger partial charge is 0.109 e. The first-order valence-corrected chi connectivity index (χ1v) is 3.67. The number of aliphatic imine (C=N–C) groups is 2. The monoisotopic (exact) mass is 140 g/mol. The van der Waals surface area contributed by atoms with Crippen molar-refractivity contribution in [3.05, 3.63) is 0 Å². The number of nitrogens with zero attached hydrogens (tertiary/aromatic N) is 2. The van der Waals surface area contributed by atoms with Gasteiger partial charge in [-0.2, -0.15) is 0 Å². The number of hydrogen-bond donors (Lipinski definition) is 0. The highest BCUT2D eigenvalue weighted by atomic mass is 14.8. The van der Waals surface area contributed by atoms with Gasteiger partial charge in [-0.25, -0.2) is 4.99 Å². The van der Waals surface area contributed by atoms with Gasteiger partial charge < -0.3 is 0 Å². The van der Waals surface area contributed by atoms with Crippen LogP contribution in [0.15, 0.2) is 9.98 Å². The van der Waals surface area contributed by atoms with Crippen LogP contribution in [0.2, 0.25) is 0 Å². The lowest BCUT2D eigenvalue weighted by atomic mass is 10.0. The first-order valence-electron chi connectivity index (χ1n) is 3.67. The average molecular weight is 140 g/mol. The Kier molecular flexibility index (Phi) is 4.81. The zero-order chi connectivity index (χ0) is 7.98. The summed E-state index contributed by atoms with van der Waals surface area (Å²) in [5.41, 5.74) is 1.16.